The molecule has 1 aromatic rings. The van der Waals surface area contributed by atoms with Gasteiger partial charge in [-0.25, -0.2) is 0 Å². The van der Waals surface area contributed by atoms with Crippen LogP contribution in [0.2, 0.25) is 0 Å². The van der Waals surface area contributed by atoms with E-state index in [9.17, 15) is 18.0 Å². The molecule has 0 radical (unpaired) electrons. The minimum Gasteiger partial charge on any atom is -0.378 e. The van der Waals surface area contributed by atoms with E-state index in [1.165, 1.54) is 12.1 Å². The highest BCUT2D eigenvalue weighted by atomic mass is 19.4. The molecule has 0 saturated carbocycles. The summed E-state index contributed by atoms with van der Waals surface area (Å²) in [5, 5.41) is 0. The third kappa shape index (κ3) is 5.94. The van der Waals surface area contributed by atoms with E-state index in [4.69, 9.17) is 4.74 Å². The normalized spacial score (nSPS) is 22.0. The molecule has 0 aliphatic carbocycles. The summed E-state index contributed by atoms with van der Waals surface area (Å²) >= 11 is 0. The van der Waals surface area contributed by atoms with Crippen LogP contribution in [0.15, 0.2) is 24.3 Å². The van der Waals surface area contributed by atoms with Crippen LogP contribution in [0.1, 0.15) is 43.2 Å². The van der Waals surface area contributed by atoms with Gasteiger partial charge < -0.3 is 9.64 Å². The highest BCUT2D eigenvalue weighted by Crippen LogP contribution is 2.29. The Morgan fingerprint density at radius 2 is 1.85 bits per heavy atom. The molecule has 2 fully saturated rings. The number of benzene rings is 1. The Morgan fingerprint density at radius 1 is 1.07 bits per heavy atom. The fraction of sp³-hybridized carbons (Fsp3) is 0.650. The summed E-state index contributed by atoms with van der Waals surface area (Å²) in [5.41, 5.74) is 0.242. The van der Waals surface area contributed by atoms with E-state index < -0.39 is 11.7 Å². The van der Waals surface area contributed by atoms with Crippen molar-refractivity contribution in [2.75, 3.05) is 32.8 Å². The summed E-state index contributed by atoms with van der Waals surface area (Å²) in [7, 11) is 0. The van der Waals surface area contributed by atoms with Gasteiger partial charge >= 0.3 is 6.18 Å². The lowest BCUT2D eigenvalue weighted by Crippen LogP contribution is -2.35. The van der Waals surface area contributed by atoms with Gasteiger partial charge in [0.15, 0.2) is 0 Å². The Balaban J connectivity index is 1.45. The molecule has 1 aromatic carbocycles. The highest BCUT2D eigenvalue weighted by Gasteiger charge is 2.30. The first kappa shape index (κ1) is 20.1. The maximum atomic E-state index is 12.7. The van der Waals surface area contributed by atoms with Crippen LogP contribution in [0.25, 0.3) is 0 Å². The van der Waals surface area contributed by atoms with Crippen LogP contribution < -0.4 is 0 Å². The Kier molecular flexibility index (Phi) is 6.76. The van der Waals surface area contributed by atoms with Crippen molar-refractivity contribution < 1.29 is 22.7 Å². The first-order chi connectivity index (χ1) is 12.9. The van der Waals surface area contributed by atoms with Crippen LogP contribution >= 0.6 is 0 Å². The molecule has 1 amide bonds. The van der Waals surface area contributed by atoms with Gasteiger partial charge in [0, 0.05) is 45.8 Å². The number of rotatable bonds is 5. The Hall–Kier alpha value is -1.60. The first-order valence-electron chi connectivity index (χ1n) is 9.70. The van der Waals surface area contributed by atoms with Gasteiger partial charge in [0.2, 0.25) is 5.91 Å². The fourth-order valence-electron chi connectivity index (χ4n) is 3.75. The van der Waals surface area contributed by atoms with Crippen LogP contribution in [0.5, 0.6) is 0 Å². The highest BCUT2D eigenvalue weighted by molar-refractivity contribution is 5.76. The van der Waals surface area contributed by atoms with Gasteiger partial charge in [0.05, 0.1) is 11.7 Å². The van der Waals surface area contributed by atoms with E-state index in [-0.39, 0.29) is 12.0 Å². The SMILES string of the molecule is O=C(CCC1CCCO1)N1CCCN(Cc2ccc(C(F)(F)F)cc2)CC1. The zero-order valence-electron chi connectivity index (χ0n) is 15.5. The minimum absolute atomic E-state index is 0.182. The Labute approximate surface area is 158 Å². The average molecular weight is 384 g/mol. The molecule has 1 unspecified atom stereocenters. The quantitative estimate of drug-likeness (QED) is 0.776. The van der Waals surface area contributed by atoms with Gasteiger partial charge in [-0.1, -0.05) is 12.1 Å². The monoisotopic (exact) mass is 384 g/mol. The van der Waals surface area contributed by atoms with Crippen molar-refractivity contribution in [2.45, 2.75) is 50.9 Å². The lowest BCUT2D eigenvalue weighted by atomic mass is 10.1. The molecule has 0 bridgehead atoms. The van der Waals surface area contributed by atoms with Crippen LogP contribution in [-0.4, -0.2) is 54.6 Å². The number of alkyl halides is 3. The molecule has 2 aliphatic rings. The van der Waals surface area contributed by atoms with Gasteiger partial charge in [0.25, 0.3) is 0 Å². The van der Waals surface area contributed by atoms with Gasteiger partial charge in [-0.15, -0.1) is 0 Å². The number of carbonyl (C=O) groups is 1. The molecule has 27 heavy (non-hydrogen) atoms. The van der Waals surface area contributed by atoms with E-state index in [1.807, 2.05) is 4.90 Å². The predicted octanol–water partition coefficient (Wildman–Crippen LogP) is 3.70. The lowest BCUT2D eigenvalue weighted by Gasteiger charge is -2.22. The maximum Gasteiger partial charge on any atom is 0.416 e. The summed E-state index contributed by atoms with van der Waals surface area (Å²) in [6, 6.07) is 5.35. The van der Waals surface area contributed by atoms with E-state index in [0.717, 1.165) is 69.6 Å². The second kappa shape index (κ2) is 9.06. The van der Waals surface area contributed by atoms with Crippen LogP contribution in [0, 0.1) is 0 Å². The Bertz CT molecular complexity index is 613. The van der Waals surface area contributed by atoms with E-state index >= 15 is 0 Å². The van der Waals surface area contributed by atoms with Crippen molar-refractivity contribution >= 4 is 5.91 Å². The Morgan fingerprint density at radius 3 is 2.52 bits per heavy atom. The molecular weight excluding hydrogens is 357 g/mol. The third-order valence-corrected chi connectivity index (χ3v) is 5.33. The average Bonchev–Trinajstić information content (AvgIpc) is 3.05. The number of carbonyl (C=O) groups excluding carboxylic acids is 1. The summed E-state index contributed by atoms with van der Waals surface area (Å²) in [6.07, 6.45) is 0.277. The lowest BCUT2D eigenvalue weighted by molar-refractivity contribution is -0.137. The molecular formula is C20H27F3N2O2. The van der Waals surface area contributed by atoms with Crippen LogP contribution in [0.3, 0.4) is 0 Å². The number of halogens is 3. The van der Waals surface area contributed by atoms with E-state index in [2.05, 4.69) is 4.90 Å². The first-order valence-corrected chi connectivity index (χ1v) is 9.70. The number of amides is 1. The summed E-state index contributed by atoms with van der Waals surface area (Å²) in [6.45, 7) is 4.42. The third-order valence-electron chi connectivity index (χ3n) is 5.33. The minimum atomic E-state index is -4.30. The molecule has 7 heteroatoms. The van der Waals surface area contributed by atoms with Gasteiger partial charge in [0.1, 0.15) is 0 Å². The van der Waals surface area contributed by atoms with Crippen LogP contribution in [-0.2, 0) is 22.3 Å². The summed E-state index contributed by atoms with van der Waals surface area (Å²) < 4.78 is 43.5. The molecule has 2 aliphatic heterocycles. The van der Waals surface area contributed by atoms with E-state index in [1.54, 1.807) is 0 Å². The van der Waals surface area contributed by atoms with Crippen molar-refractivity contribution in [3.8, 4) is 0 Å². The molecule has 2 saturated heterocycles. The largest absolute Gasteiger partial charge is 0.416 e. The van der Waals surface area contributed by atoms with Gasteiger partial charge in [-0.3, -0.25) is 9.69 Å². The molecule has 3 rings (SSSR count). The predicted molar refractivity (Wildman–Crippen MR) is 96.1 cm³/mol. The zero-order chi connectivity index (χ0) is 19.3. The molecule has 1 atom stereocenters. The summed E-state index contributed by atoms with van der Waals surface area (Å²) in [5.74, 6) is 0.182. The standard InChI is InChI=1S/C20H27F3N2O2/c21-20(22,23)17-6-4-16(5-7-17)15-24-10-2-11-25(13-12-24)19(26)9-8-18-3-1-14-27-18/h4-7,18H,1-3,8-15H2. The van der Waals surface area contributed by atoms with Crippen molar-refractivity contribution in [1.82, 2.24) is 9.80 Å². The molecule has 0 aromatic heterocycles. The second-order valence-electron chi connectivity index (χ2n) is 7.38. The molecule has 0 N–H and O–H groups in total. The second-order valence-corrected chi connectivity index (χ2v) is 7.38. The van der Waals surface area contributed by atoms with Crippen molar-refractivity contribution in [3.05, 3.63) is 35.4 Å². The summed E-state index contributed by atoms with van der Waals surface area (Å²) in [4.78, 5) is 16.6. The number of hydrogen-bond acceptors (Lipinski definition) is 3. The molecule has 4 nitrogen and oxygen atoms in total. The smallest absolute Gasteiger partial charge is 0.378 e. The van der Waals surface area contributed by atoms with Crippen LogP contribution in [0.4, 0.5) is 13.2 Å². The molecule has 150 valence electrons. The van der Waals surface area contributed by atoms with Crippen molar-refractivity contribution in [3.63, 3.8) is 0 Å². The molecule has 0 spiro atoms. The maximum absolute atomic E-state index is 12.7. The van der Waals surface area contributed by atoms with Crippen molar-refractivity contribution in [2.24, 2.45) is 0 Å². The zero-order valence-corrected chi connectivity index (χ0v) is 15.5. The fourth-order valence-corrected chi connectivity index (χ4v) is 3.75. The van der Waals surface area contributed by atoms with Crippen molar-refractivity contribution in [1.29, 1.82) is 0 Å². The number of ether oxygens (including phenoxy) is 1. The molecule has 2 heterocycles. The number of nitrogens with zero attached hydrogens (tertiary/aromatic N) is 2. The number of hydrogen-bond donors (Lipinski definition) is 0. The topological polar surface area (TPSA) is 32.8 Å². The van der Waals surface area contributed by atoms with E-state index in [0.29, 0.717) is 19.5 Å². The van der Waals surface area contributed by atoms with Gasteiger partial charge in [-0.05, 0) is 43.4 Å². The van der Waals surface area contributed by atoms with Gasteiger partial charge in [-0.2, -0.15) is 13.2 Å².